The van der Waals surface area contributed by atoms with Gasteiger partial charge in [0.1, 0.15) is 54.6 Å². The molecule has 1 aliphatic rings. The van der Waals surface area contributed by atoms with E-state index in [4.69, 9.17) is 87.5 Å². The molecule has 3 aromatic carbocycles. The second-order valence-corrected chi connectivity index (χ2v) is 25.9. The maximum atomic E-state index is 13.6. The van der Waals surface area contributed by atoms with Crippen molar-refractivity contribution in [1.82, 2.24) is 25.2 Å². The first-order valence-electron chi connectivity index (χ1n) is 36.6. The number of amides is 3. The summed E-state index contributed by atoms with van der Waals surface area (Å²) >= 11 is 0. The molecule has 3 heterocycles. The van der Waals surface area contributed by atoms with Gasteiger partial charge in [0.15, 0.2) is 5.82 Å². The Kier molecular flexibility index (Phi) is 42.3. The third-order valence-electron chi connectivity index (χ3n) is 16.8. The maximum Gasteiger partial charge on any atom is 0.337 e. The highest BCUT2D eigenvalue weighted by Gasteiger charge is 2.45. The summed E-state index contributed by atoms with van der Waals surface area (Å²) in [5.74, 6) is -0.334. The Morgan fingerprint density at radius 3 is 1.66 bits per heavy atom. The second-order valence-electron chi connectivity index (χ2n) is 25.9. The Balaban J connectivity index is 0.801. The van der Waals surface area contributed by atoms with Crippen molar-refractivity contribution in [1.29, 1.82) is 0 Å². The molecule has 32 heteroatoms. The number of aliphatic hydroxyl groups excluding tert-OH is 4. The van der Waals surface area contributed by atoms with Crippen molar-refractivity contribution in [2.24, 2.45) is 5.73 Å². The smallest absolute Gasteiger partial charge is 0.337 e. The lowest BCUT2D eigenvalue weighted by Crippen LogP contribution is -2.60. The number of esters is 1. The molecule has 5 aromatic rings. The summed E-state index contributed by atoms with van der Waals surface area (Å²) in [7, 11) is 7.11. The van der Waals surface area contributed by atoms with E-state index in [2.05, 4.69) is 70.8 Å². The first-order chi connectivity index (χ1) is 51.4. The van der Waals surface area contributed by atoms with Crippen molar-refractivity contribution in [2.45, 2.75) is 115 Å². The average Bonchev–Trinajstić information content (AvgIpc) is 1.58. The lowest BCUT2D eigenvalue weighted by molar-refractivity contribution is -0.916. The van der Waals surface area contributed by atoms with Crippen LogP contribution in [0.1, 0.15) is 84.7 Å². The third-order valence-corrected chi connectivity index (χ3v) is 16.8. The van der Waals surface area contributed by atoms with Crippen molar-refractivity contribution in [3.8, 4) is 5.75 Å². The zero-order valence-corrected chi connectivity index (χ0v) is 62.4. The number of fused-ring (bicyclic) bond motifs is 3. The largest absolute Gasteiger partial charge is 0.465 e. The van der Waals surface area contributed by atoms with Crippen LogP contribution in [-0.4, -0.2) is 300 Å². The summed E-state index contributed by atoms with van der Waals surface area (Å²) in [6.07, 6.45) is -3.64. The predicted octanol–water partition coefficient (Wildman–Crippen LogP) is 2.58. The molecular formula is C74H116N9O23+. The molecule has 1 saturated heterocycles. The van der Waals surface area contributed by atoms with Crippen LogP contribution in [0.25, 0.3) is 21.9 Å². The Labute approximate surface area is 621 Å². The number of pyridine rings is 1. The molecule has 1 fully saturated rings. The maximum absolute atomic E-state index is 13.6. The number of nitrogens with one attached hydrogen (secondary N) is 3. The minimum Gasteiger partial charge on any atom is -0.465 e. The van der Waals surface area contributed by atoms with Gasteiger partial charge in [-0.2, -0.15) is 0 Å². The molecule has 594 valence electrons. The molecule has 1 aliphatic heterocycles. The van der Waals surface area contributed by atoms with Crippen molar-refractivity contribution < 1.29 is 115 Å². The number of nitrogens with zero attached hydrogens (tertiary/aromatic N) is 4. The number of benzene rings is 3. The van der Waals surface area contributed by atoms with E-state index in [1.807, 2.05) is 6.07 Å². The Hall–Kier alpha value is -6.74. The number of imidazole rings is 1. The first-order valence-corrected chi connectivity index (χ1v) is 36.6. The highest BCUT2D eigenvalue weighted by Crippen LogP contribution is 2.34. The lowest BCUT2D eigenvalue weighted by Gasteiger charge is -2.39. The zero-order chi connectivity index (χ0) is 76.2. The minimum absolute atomic E-state index is 0.0429. The number of methoxy groups -OCH3 is 2. The van der Waals surface area contributed by atoms with Crippen molar-refractivity contribution >= 4 is 57.1 Å². The number of carbonyl (C=O) groups is 4. The van der Waals surface area contributed by atoms with Gasteiger partial charge in [0.2, 0.25) is 24.0 Å². The number of nitrogens with two attached hydrogens (primary N) is 2. The molecule has 6 rings (SSSR count). The van der Waals surface area contributed by atoms with Gasteiger partial charge < -0.3 is 128 Å². The molecule has 106 heavy (non-hydrogen) atoms. The number of anilines is 2. The molecule has 0 radical (unpaired) electrons. The van der Waals surface area contributed by atoms with Crippen LogP contribution in [0.15, 0.2) is 60.7 Å². The summed E-state index contributed by atoms with van der Waals surface area (Å²) in [4.78, 5) is 61.0. The topological polar surface area (TPSA) is 406 Å². The van der Waals surface area contributed by atoms with Crippen LogP contribution in [0.4, 0.5) is 11.5 Å². The van der Waals surface area contributed by atoms with Gasteiger partial charge in [0, 0.05) is 62.5 Å². The normalized spacial score (nSPS) is 16.4. The average molecular weight is 1500 g/mol. The molecular weight excluding hydrogens is 1380 g/mol. The molecule has 32 nitrogen and oxygen atoms in total. The van der Waals surface area contributed by atoms with Crippen LogP contribution >= 0.6 is 0 Å². The Morgan fingerprint density at radius 1 is 0.594 bits per heavy atom. The summed E-state index contributed by atoms with van der Waals surface area (Å²) in [5.41, 5.74) is 18.2. The summed E-state index contributed by atoms with van der Waals surface area (Å²) in [6.45, 7) is 13.8. The summed E-state index contributed by atoms with van der Waals surface area (Å²) < 4.78 is 84.6. The van der Waals surface area contributed by atoms with Crippen LogP contribution in [-0.2, 0) is 107 Å². The monoisotopic (exact) mass is 1500 g/mol. The van der Waals surface area contributed by atoms with Gasteiger partial charge in [-0.1, -0.05) is 37.6 Å². The van der Waals surface area contributed by atoms with Crippen LogP contribution in [0.3, 0.4) is 0 Å². The highest BCUT2D eigenvalue weighted by molar-refractivity contribution is 6.08. The van der Waals surface area contributed by atoms with Gasteiger partial charge in [-0.05, 0) is 67.6 Å². The number of carbonyl (C=O) groups excluding carboxylic acids is 4. The van der Waals surface area contributed by atoms with Crippen molar-refractivity contribution in [3.63, 3.8) is 0 Å². The second kappa shape index (κ2) is 50.8. The minimum atomic E-state index is -1.71. The molecule has 11 N–H and O–H groups in total. The molecule has 0 bridgehead atoms. The van der Waals surface area contributed by atoms with Gasteiger partial charge in [-0.15, -0.1) is 0 Å². The highest BCUT2D eigenvalue weighted by atomic mass is 16.7. The van der Waals surface area contributed by atoms with Gasteiger partial charge in [-0.25, -0.2) is 14.8 Å². The van der Waals surface area contributed by atoms with E-state index in [1.165, 1.54) is 7.11 Å². The quantitative estimate of drug-likeness (QED) is 0.0153. The number of unbranched alkanes of at least 4 members (excludes halogenated alkanes) is 2. The van der Waals surface area contributed by atoms with Gasteiger partial charge >= 0.3 is 5.97 Å². The number of ether oxygens (including phenoxy) is 15. The van der Waals surface area contributed by atoms with E-state index in [-0.39, 0.29) is 49.2 Å². The van der Waals surface area contributed by atoms with Gasteiger partial charge in [0.05, 0.1) is 208 Å². The molecule has 0 aliphatic carbocycles. The summed E-state index contributed by atoms with van der Waals surface area (Å²) in [5, 5.41) is 50.9. The van der Waals surface area contributed by atoms with E-state index < -0.39 is 61.1 Å². The van der Waals surface area contributed by atoms with E-state index >= 15 is 0 Å². The SMILES string of the molecule is CCCCc1nc2c(N)nc3cc(C(=O)OC)ccc3c2n1Cc1ccc(C[N+](C)(C)Cc2ccc(O[C@H]3O[C@H](CO)[C@@H](O)[C@H](O)[C@@H]3O)c(NC(=O)CCNC(=O)[C@@H](N)CCCCNC(=O)CCOCCOCCOCCOCCOCCOCCOCCOCCOCCOCCOCCOC)c2)cc1. The van der Waals surface area contributed by atoms with Crippen LogP contribution in [0.2, 0.25) is 0 Å². The molecule has 6 atom stereocenters. The molecule has 3 amide bonds. The molecule has 2 aromatic heterocycles. The fourth-order valence-corrected chi connectivity index (χ4v) is 11.2. The Bertz CT molecular complexity index is 3310. The number of aryl methyl sites for hydroxylation is 1. The Morgan fingerprint density at radius 2 is 1.12 bits per heavy atom. The third kappa shape index (κ3) is 32.6. The molecule has 0 spiro atoms. The van der Waals surface area contributed by atoms with E-state index in [0.717, 1.165) is 52.7 Å². The molecule has 0 saturated carbocycles. The fourth-order valence-electron chi connectivity index (χ4n) is 11.2. The number of aliphatic hydroxyl groups is 4. The standard InChI is InChI=1S/C74H115N9O23/c1-6-7-11-63-81-66-67(57-18-17-56(73(91)93-5)48-59(57)80-71(66)76)82(63)49-53-12-14-54(15-13-53)50-83(2,3)51-55-16-19-61(105-74-70(89)69(88)68(87)62(52-84)106-74)60(47-55)79-65(86)20-23-78-72(90)58(75)10-8-9-22-77-64(85)21-24-94-27-28-96-31-32-98-35-36-100-39-40-102-43-44-104-46-45-103-42-41-101-38-37-99-34-33-97-30-29-95-26-25-92-4/h12-19,47-48,58,62,68-70,74,84,87-89H,6-11,20-46,49-52,75H2,1-5H3,(H4-,76,77,78,79,80,85,86,90)/p+1/t58-,62+,68+,69-,70-,74-/m0/s1. The predicted molar refractivity (Wildman–Crippen MR) is 392 cm³/mol. The first kappa shape index (κ1) is 88.2. The number of rotatable bonds is 59. The molecule has 0 unspecified atom stereocenters. The van der Waals surface area contributed by atoms with Crippen molar-refractivity contribution in [3.05, 3.63) is 88.7 Å². The van der Waals surface area contributed by atoms with Gasteiger partial charge in [-0.3, -0.25) is 14.4 Å². The van der Waals surface area contributed by atoms with Crippen LogP contribution in [0, 0.1) is 0 Å². The summed E-state index contributed by atoms with van der Waals surface area (Å²) in [6, 6.07) is 17.9. The van der Waals surface area contributed by atoms with E-state index in [1.54, 1.807) is 37.4 Å². The van der Waals surface area contributed by atoms with Crippen LogP contribution < -0.4 is 32.2 Å². The van der Waals surface area contributed by atoms with E-state index in [9.17, 15) is 39.6 Å². The van der Waals surface area contributed by atoms with Crippen molar-refractivity contribution in [2.75, 3.05) is 211 Å². The fraction of sp³-hybridized carbons (Fsp3) is 0.649. The lowest BCUT2D eigenvalue weighted by atomic mass is 9.99. The number of hydrogen-bond donors (Lipinski definition) is 9. The number of nitrogen functional groups attached to an aromatic ring is 1. The number of quaternary nitrogens is 1. The van der Waals surface area contributed by atoms with E-state index in [0.29, 0.717) is 212 Å². The van der Waals surface area contributed by atoms with Gasteiger partial charge in [0.25, 0.3) is 0 Å². The number of aromatic nitrogens is 3. The van der Waals surface area contributed by atoms with Crippen LogP contribution in [0.5, 0.6) is 5.75 Å². The number of hydrogen-bond acceptors (Lipinski definition) is 27. The zero-order valence-electron chi connectivity index (χ0n) is 62.4.